The third-order valence-electron chi connectivity index (χ3n) is 3.22. The van der Waals surface area contributed by atoms with Crippen LogP contribution >= 0.6 is 11.6 Å². The van der Waals surface area contributed by atoms with Gasteiger partial charge in [0.05, 0.1) is 22.7 Å². The Kier molecular flexibility index (Phi) is 5.28. The topological polar surface area (TPSA) is 66.5 Å². The van der Waals surface area contributed by atoms with Crippen LogP contribution in [0.5, 0.6) is 0 Å². The summed E-state index contributed by atoms with van der Waals surface area (Å²) in [5, 5.41) is 3.02. The van der Waals surface area contributed by atoms with Crippen molar-refractivity contribution in [1.82, 2.24) is 0 Å². The van der Waals surface area contributed by atoms with Gasteiger partial charge < -0.3 is 5.32 Å². The zero-order valence-corrected chi connectivity index (χ0v) is 14.4. The number of amides is 1. The Morgan fingerprint density at radius 2 is 1.74 bits per heavy atom. The quantitative estimate of drug-likeness (QED) is 0.899. The summed E-state index contributed by atoms with van der Waals surface area (Å²) in [4.78, 5) is 12.2. The predicted molar refractivity (Wildman–Crippen MR) is 93.5 cm³/mol. The van der Waals surface area contributed by atoms with Crippen molar-refractivity contribution in [1.29, 1.82) is 0 Å². The molecule has 0 aromatic heterocycles. The predicted octanol–water partition coefficient (Wildman–Crippen LogP) is 3.05. The lowest BCUT2D eigenvalue weighted by Crippen LogP contribution is -2.37. The van der Waals surface area contributed by atoms with Crippen LogP contribution in [0, 0.1) is 6.92 Å². The van der Waals surface area contributed by atoms with Gasteiger partial charge in [-0.15, -0.1) is 0 Å². The van der Waals surface area contributed by atoms with Crippen LogP contribution in [0.4, 0.5) is 11.4 Å². The van der Waals surface area contributed by atoms with E-state index in [1.165, 1.54) is 0 Å². The minimum Gasteiger partial charge on any atom is -0.323 e. The van der Waals surface area contributed by atoms with Gasteiger partial charge in [0.25, 0.3) is 0 Å². The van der Waals surface area contributed by atoms with Gasteiger partial charge in [-0.05, 0) is 30.7 Å². The first-order valence-corrected chi connectivity index (χ1v) is 9.09. The summed E-state index contributed by atoms with van der Waals surface area (Å²) in [5.41, 5.74) is 1.69. The Morgan fingerprint density at radius 3 is 2.35 bits per heavy atom. The number of nitrogens with one attached hydrogen (secondary N) is 1. The lowest BCUT2D eigenvalue weighted by atomic mass is 10.2. The Bertz CT molecular complexity index is 822. The fraction of sp³-hybridized carbons (Fsp3) is 0.188. The SMILES string of the molecule is Cc1ccccc1N(CC(=O)Nc1ccccc1Cl)S(C)(=O)=O. The first kappa shape index (κ1) is 17.3. The molecule has 23 heavy (non-hydrogen) atoms. The lowest BCUT2D eigenvalue weighted by molar-refractivity contribution is -0.114. The van der Waals surface area contributed by atoms with Crippen molar-refractivity contribution >= 4 is 38.9 Å². The fourth-order valence-corrected chi connectivity index (χ4v) is 3.20. The summed E-state index contributed by atoms with van der Waals surface area (Å²) in [6, 6.07) is 13.8. The molecular formula is C16H17ClN2O3S. The molecule has 122 valence electrons. The number of rotatable bonds is 5. The first-order chi connectivity index (χ1) is 10.8. The molecule has 7 heteroatoms. The van der Waals surface area contributed by atoms with E-state index < -0.39 is 15.9 Å². The summed E-state index contributed by atoms with van der Waals surface area (Å²) in [6.07, 6.45) is 1.07. The van der Waals surface area contributed by atoms with Crippen molar-refractivity contribution in [3.05, 3.63) is 59.1 Å². The summed E-state index contributed by atoms with van der Waals surface area (Å²) >= 11 is 5.99. The molecular weight excluding hydrogens is 336 g/mol. The van der Waals surface area contributed by atoms with E-state index in [0.29, 0.717) is 16.4 Å². The summed E-state index contributed by atoms with van der Waals surface area (Å²) in [5.74, 6) is -0.466. The van der Waals surface area contributed by atoms with E-state index in [2.05, 4.69) is 5.32 Å². The van der Waals surface area contributed by atoms with Crippen molar-refractivity contribution in [2.45, 2.75) is 6.92 Å². The molecule has 0 radical (unpaired) electrons. The number of anilines is 2. The summed E-state index contributed by atoms with van der Waals surface area (Å²) in [6.45, 7) is 1.47. The second-order valence-corrected chi connectivity index (χ2v) is 7.40. The average molecular weight is 353 g/mol. The number of benzene rings is 2. The number of nitrogens with zero attached hydrogens (tertiary/aromatic N) is 1. The zero-order valence-electron chi connectivity index (χ0n) is 12.8. The minimum atomic E-state index is -3.60. The highest BCUT2D eigenvalue weighted by atomic mass is 35.5. The third kappa shape index (κ3) is 4.46. The van der Waals surface area contributed by atoms with Gasteiger partial charge in [0.1, 0.15) is 6.54 Å². The van der Waals surface area contributed by atoms with E-state index in [1.807, 2.05) is 6.07 Å². The normalized spacial score (nSPS) is 11.1. The molecule has 0 saturated carbocycles. The Morgan fingerprint density at radius 1 is 1.13 bits per heavy atom. The smallest absolute Gasteiger partial charge is 0.245 e. The van der Waals surface area contributed by atoms with Gasteiger partial charge in [-0.3, -0.25) is 9.10 Å². The Balaban J connectivity index is 2.24. The first-order valence-electron chi connectivity index (χ1n) is 6.87. The van der Waals surface area contributed by atoms with Crippen molar-refractivity contribution in [2.24, 2.45) is 0 Å². The fourth-order valence-electron chi connectivity index (χ4n) is 2.11. The van der Waals surface area contributed by atoms with E-state index in [-0.39, 0.29) is 6.54 Å². The summed E-state index contributed by atoms with van der Waals surface area (Å²) < 4.78 is 25.2. The van der Waals surface area contributed by atoms with Crippen LogP contribution in [0.1, 0.15) is 5.56 Å². The highest BCUT2D eigenvalue weighted by Crippen LogP contribution is 2.23. The van der Waals surface area contributed by atoms with Crippen LogP contribution < -0.4 is 9.62 Å². The van der Waals surface area contributed by atoms with Crippen LogP contribution in [0.15, 0.2) is 48.5 Å². The standard InChI is InChI=1S/C16H17ClN2O3S/c1-12-7-3-6-10-15(12)19(23(2,21)22)11-16(20)18-14-9-5-4-8-13(14)17/h3-10H,11H2,1-2H3,(H,18,20). The Labute approximate surface area is 140 Å². The van der Waals surface area contributed by atoms with Gasteiger partial charge in [0.2, 0.25) is 15.9 Å². The van der Waals surface area contributed by atoms with Crippen LogP contribution in [-0.4, -0.2) is 27.1 Å². The summed E-state index contributed by atoms with van der Waals surface area (Å²) in [7, 11) is -3.60. The molecule has 2 aromatic carbocycles. The van der Waals surface area contributed by atoms with Crippen molar-refractivity contribution < 1.29 is 13.2 Å². The second-order valence-electron chi connectivity index (χ2n) is 5.08. The maximum atomic E-state index is 12.2. The maximum Gasteiger partial charge on any atom is 0.245 e. The molecule has 0 heterocycles. The molecule has 5 nitrogen and oxygen atoms in total. The molecule has 0 fully saturated rings. The van der Waals surface area contributed by atoms with Crippen molar-refractivity contribution in [3.8, 4) is 0 Å². The number of hydrogen-bond acceptors (Lipinski definition) is 3. The van der Waals surface area contributed by atoms with Gasteiger partial charge in [0, 0.05) is 0 Å². The maximum absolute atomic E-state index is 12.2. The number of hydrogen-bond donors (Lipinski definition) is 1. The number of para-hydroxylation sites is 2. The molecule has 0 aliphatic heterocycles. The van der Waals surface area contributed by atoms with Gasteiger partial charge in [0.15, 0.2) is 0 Å². The van der Waals surface area contributed by atoms with E-state index in [1.54, 1.807) is 49.4 Å². The molecule has 0 bridgehead atoms. The van der Waals surface area contributed by atoms with Gasteiger partial charge in [-0.1, -0.05) is 41.9 Å². The lowest BCUT2D eigenvalue weighted by Gasteiger charge is -2.23. The second kappa shape index (κ2) is 7.02. The van der Waals surface area contributed by atoms with E-state index in [0.717, 1.165) is 16.1 Å². The average Bonchev–Trinajstić information content (AvgIpc) is 2.47. The number of halogens is 1. The molecule has 0 unspecified atom stereocenters. The molecule has 2 rings (SSSR count). The van der Waals surface area contributed by atoms with E-state index in [4.69, 9.17) is 11.6 Å². The van der Waals surface area contributed by atoms with Crippen LogP contribution in [-0.2, 0) is 14.8 Å². The Hall–Kier alpha value is -2.05. The van der Waals surface area contributed by atoms with E-state index >= 15 is 0 Å². The zero-order chi connectivity index (χ0) is 17.0. The molecule has 0 saturated heterocycles. The van der Waals surface area contributed by atoms with Crippen LogP contribution in [0.25, 0.3) is 0 Å². The molecule has 0 aliphatic carbocycles. The van der Waals surface area contributed by atoms with Crippen LogP contribution in [0.3, 0.4) is 0 Å². The van der Waals surface area contributed by atoms with Crippen molar-refractivity contribution in [2.75, 3.05) is 22.4 Å². The third-order valence-corrected chi connectivity index (χ3v) is 4.68. The highest BCUT2D eigenvalue weighted by Gasteiger charge is 2.22. The minimum absolute atomic E-state index is 0.324. The largest absolute Gasteiger partial charge is 0.323 e. The monoisotopic (exact) mass is 352 g/mol. The highest BCUT2D eigenvalue weighted by molar-refractivity contribution is 7.92. The number of sulfonamides is 1. The van der Waals surface area contributed by atoms with Gasteiger partial charge in [-0.2, -0.15) is 0 Å². The van der Waals surface area contributed by atoms with E-state index in [9.17, 15) is 13.2 Å². The number of aryl methyl sites for hydroxylation is 1. The number of carbonyl (C=O) groups excluding carboxylic acids is 1. The van der Waals surface area contributed by atoms with Crippen molar-refractivity contribution in [3.63, 3.8) is 0 Å². The molecule has 1 N–H and O–H groups in total. The van der Waals surface area contributed by atoms with Gasteiger partial charge in [-0.25, -0.2) is 8.42 Å². The molecule has 1 amide bonds. The van der Waals surface area contributed by atoms with Crippen LogP contribution in [0.2, 0.25) is 5.02 Å². The molecule has 2 aromatic rings. The molecule has 0 aliphatic rings. The van der Waals surface area contributed by atoms with Gasteiger partial charge >= 0.3 is 0 Å². The molecule has 0 spiro atoms. The molecule has 0 atom stereocenters. The number of carbonyl (C=O) groups is 1.